The quantitative estimate of drug-likeness (QED) is 0.562. The number of carboxylic acid groups (broad SMARTS) is 1. The summed E-state index contributed by atoms with van der Waals surface area (Å²) in [5.74, 6) is 0. The van der Waals surface area contributed by atoms with Gasteiger partial charge in [-0.2, -0.15) is 0 Å². The molecule has 56 valence electrons. The molecule has 0 aliphatic heterocycles. The molecule has 0 aliphatic rings. The molecule has 0 radical (unpaired) electrons. The van der Waals surface area contributed by atoms with Crippen molar-refractivity contribution in [2.75, 3.05) is 0 Å². The fraction of sp³-hybridized carbons (Fsp3) is 0.167. The molecule has 1 aromatic rings. The minimum absolute atomic E-state index is 0.0660. The Labute approximate surface area is 57.7 Å². The second kappa shape index (κ2) is 5.84. The van der Waals surface area contributed by atoms with Crippen LogP contribution in [0.25, 0.3) is 0 Å². The van der Waals surface area contributed by atoms with Gasteiger partial charge in [-0.1, -0.05) is 0 Å². The molecule has 4 heteroatoms. The molecule has 10 heavy (non-hydrogen) atoms. The van der Waals surface area contributed by atoms with Gasteiger partial charge in [0.05, 0.1) is 19.1 Å². The van der Waals surface area contributed by atoms with Gasteiger partial charge in [-0.3, -0.25) is 4.79 Å². The Kier molecular flexibility index (Phi) is 5.09. The van der Waals surface area contributed by atoms with E-state index in [-0.39, 0.29) is 13.1 Å². The van der Waals surface area contributed by atoms with E-state index in [0.717, 1.165) is 5.56 Å². The van der Waals surface area contributed by atoms with E-state index in [2.05, 4.69) is 4.42 Å². The predicted octanol–water partition coefficient (Wildman–Crippen LogP) is 0.473. The zero-order valence-electron chi connectivity index (χ0n) is 5.23. The van der Waals surface area contributed by atoms with E-state index in [1.165, 1.54) is 12.5 Å². The van der Waals surface area contributed by atoms with Crippen LogP contribution < -0.4 is 0 Å². The van der Waals surface area contributed by atoms with Gasteiger partial charge in [0, 0.05) is 5.56 Å². The first kappa shape index (κ1) is 8.71. The van der Waals surface area contributed by atoms with Crippen LogP contribution in [0.3, 0.4) is 0 Å². The van der Waals surface area contributed by atoms with Crippen LogP contribution in [0.1, 0.15) is 5.56 Å². The molecule has 0 amide bonds. The predicted molar refractivity (Wildman–Crippen MR) is 33.3 cm³/mol. The lowest BCUT2D eigenvalue weighted by molar-refractivity contribution is -0.122. The summed E-state index contributed by atoms with van der Waals surface area (Å²) in [4.78, 5) is 8.36. The second-order valence-corrected chi connectivity index (χ2v) is 1.40. The maximum Gasteiger partial charge on any atom is 0.290 e. The van der Waals surface area contributed by atoms with E-state index in [1.807, 2.05) is 0 Å². The fourth-order valence-electron chi connectivity index (χ4n) is 0.383. The number of aliphatic hydroxyl groups is 1. The van der Waals surface area contributed by atoms with E-state index in [4.69, 9.17) is 15.0 Å². The summed E-state index contributed by atoms with van der Waals surface area (Å²) < 4.78 is 4.65. The first-order valence-electron chi connectivity index (χ1n) is 2.55. The molecule has 0 unspecified atom stereocenters. The van der Waals surface area contributed by atoms with Crippen molar-refractivity contribution in [3.05, 3.63) is 24.2 Å². The third kappa shape index (κ3) is 3.68. The Bertz CT molecular complexity index is 156. The van der Waals surface area contributed by atoms with Crippen molar-refractivity contribution >= 4 is 6.47 Å². The summed E-state index contributed by atoms with van der Waals surface area (Å²) in [6.07, 6.45) is 3.05. The zero-order chi connectivity index (χ0) is 7.82. The van der Waals surface area contributed by atoms with Crippen molar-refractivity contribution in [3.8, 4) is 0 Å². The molecule has 0 saturated heterocycles. The number of furan rings is 1. The van der Waals surface area contributed by atoms with Crippen molar-refractivity contribution < 1.29 is 19.4 Å². The van der Waals surface area contributed by atoms with Crippen molar-refractivity contribution in [2.24, 2.45) is 0 Å². The van der Waals surface area contributed by atoms with E-state index in [1.54, 1.807) is 6.07 Å². The monoisotopic (exact) mass is 144 g/mol. The van der Waals surface area contributed by atoms with Gasteiger partial charge in [0.1, 0.15) is 0 Å². The largest absolute Gasteiger partial charge is 0.483 e. The number of rotatable bonds is 1. The first-order chi connectivity index (χ1) is 4.85. The standard InChI is InChI=1S/C5H6O2.CH2O2/c6-3-5-1-2-7-4-5;2-1-3/h1-2,4,6H,3H2;1H,(H,2,3). The molecular formula is C6H8O4. The second-order valence-electron chi connectivity index (χ2n) is 1.40. The number of carbonyl (C=O) groups is 1. The van der Waals surface area contributed by atoms with Gasteiger partial charge in [-0.15, -0.1) is 0 Å². The summed E-state index contributed by atoms with van der Waals surface area (Å²) in [5, 5.41) is 15.3. The summed E-state index contributed by atoms with van der Waals surface area (Å²) in [5.41, 5.74) is 0.819. The Morgan fingerprint density at radius 2 is 2.30 bits per heavy atom. The van der Waals surface area contributed by atoms with Gasteiger partial charge in [0.25, 0.3) is 6.47 Å². The van der Waals surface area contributed by atoms with E-state index in [0.29, 0.717) is 0 Å². The normalized spacial score (nSPS) is 7.70. The summed E-state index contributed by atoms with van der Waals surface area (Å²) >= 11 is 0. The topological polar surface area (TPSA) is 70.7 Å². The summed E-state index contributed by atoms with van der Waals surface area (Å²) in [6.45, 7) is -0.184. The molecule has 0 fully saturated rings. The molecule has 1 heterocycles. The SMILES string of the molecule is O=CO.OCc1ccoc1. The van der Waals surface area contributed by atoms with Crippen LogP contribution in [-0.2, 0) is 11.4 Å². The van der Waals surface area contributed by atoms with E-state index >= 15 is 0 Å². The van der Waals surface area contributed by atoms with Gasteiger partial charge < -0.3 is 14.6 Å². The van der Waals surface area contributed by atoms with Crippen LogP contribution in [0, 0.1) is 0 Å². The van der Waals surface area contributed by atoms with Crippen molar-refractivity contribution in [2.45, 2.75) is 6.61 Å². The van der Waals surface area contributed by atoms with Crippen LogP contribution in [-0.4, -0.2) is 16.7 Å². The Morgan fingerprint density at radius 3 is 2.50 bits per heavy atom. The fourth-order valence-corrected chi connectivity index (χ4v) is 0.383. The third-order valence-electron chi connectivity index (χ3n) is 0.763. The van der Waals surface area contributed by atoms with E-state index in [9.17, 15) is 0 Å². The Hall–Kier alpha value is -1.29. The lowest BCUT2D eigenvalue weighted by atomic mass is 10.4. The molecule has 0 atom stereocenters. The summed E-state index contributed by atoms with van der Waals surface area (Å²) in [6, 6.07) is 1.72. The molecule has 0 aromatic carbocycles. The maximum atomic E-state index is 8.37. The third-order valence-corrected chi connectivity index (χ3v) is 0.763. The summed E-state index contributed by atoms with van der Waals surface area (Å²) in [7, 11) is 0. The van der Waals surface area contributed by atoms with Gasteiger partial charge >= 0.3 is 0 Å². The number of aliphatic hydroxyl groups excluding tert-OH is 1. The molecular weight excluding hydrogens is 136 g/mol. The van der Waals surface area contributed by atoms with Crippen LogP contribution >= 0.6 is 0 Å². The minimum Gasteiger partial charge on any atom is -0.483 e. The minimum atomic E-state index is -0.250. The Balaban J connectivity index is 0.000000236. The average molecular weight is 144 g/mol. The highest BCUT2D eigenvalue weighted by atomic mass is 16.3. The first-order valence-corrected chi connectivity index (χ1v) is 2.55. The Morgan fingerprint density at radius 1 is 1.70 bits per heavy atom. The number of hydrogen-bond donors (Lipinski definition) is 2. The highest BCUT2D eigenvalue weighted by Crippen LogP contribution is 1.96. The van der Waals surface area contributed by atoms with Crippen LogP contribution in [0.5, 0.6) is 0 Å². The van der Waals surface area contributed by atoms with Crippen LogP contribution in [0.15, 0.2) is 23.0 Å². The average Bonchev–Trinajstić information content (AvgIpc) is 2.39. The van der Waals surface area contributed by atoms with Gasteiger partial charge in [-0.25, -0.2) is 0 Å². The zero-order valence-corrected chi connectivity index (χ0v) is 5.23. The van der Waals surface area contributed by atoms with Gasteiger partial charge in [0.2, 0.25) is 0 Å². The van der Waals surface area contributed by atoms with Crippen LogP contribution in [0.4, 0.5) is 0 Å². The van der Waals surface area contributed by atoms with Crippen molar-refractivity contribution in [1.29, 1.82) is 0 Å². The molecule has 1 aromatic heterocycles. The molecule has 1 rings (SSSR count). The van der Waals surface area contributed by atoms with Crippen molar-refractivity contribution in [1.82, 2.24) is 0 Å². The number of hydrogen-bond acceptors (Lipinski definition) is 3. The molecule has 0 bridgehead atoms. The highest BCUT2D eigenvalue weighted by Gasteiger charge is 1.85. The van der Waals surface area contributed by atoms with Crippen LogP contribution in [0.2, 0.25) is 0 Å². The molecule has 0 saturated carbocycles. The lowest BCUT2D eigenvalue weighted by Crippen LogP contribution is -1.72. The molecule has 0 spiro atoms. The van der Waals surface area contributed by atoms with Crippen molar-refractivity contribution in [3.63, 3.8) is 0 Å². The maximum absolute atomic E-state index is 8.37. The smallest absolute Gasteiger partial charge is 0.290 e. The molecule has 0 aliphatic carbocycles. The van der Waals surface area contributed by atoms with Gasteiger partial charge in [-0.05, 0) is 6.07 Å². The highest BCUT2D eigenvalue weighted by molar-refractivity contribution is 5.32. The van der Waals surface area contributed by atoms with Gasteiger partial charge in [0.15, 0.2) is 0 Å². The molecule has 4 nitrogen and oxygen atoms in total. The molecule has 2 N–H and O–H groups in total. The van der Waals surface area contributed by atoms with E-state index < -0.39 is 0 Å². The lowest BCUT2D eigenvalue weighted by Gasteiger charge is -1.77.